The van der Waals surface area contributed by atoms with Gasteiger partial charge in [0, 0.05) is 18.1 Å². The monoisotopic (exact) mass is 488 g/mol. The van der Waals surface area contributed by atoms with Gasteiger partial charge in [-0.2, -0.15) is 5.10 Å². The average Bonchev–Trinajstić information content (AvgIpc) is 3.59. The Bertz CT molecular complexity index is 1220. The Hall–Kier alpha value is -3.26. The Labute approximate surface area is 212 Å². The summed E-state index contributed by atoms with van der Waals surface area (Å²) in [5.74, 6) is 0.856. The van der Waals surface area contributed by atoms with Crippen LogP contribution in [0.2, 0.25) is 0 Å². The molecular weight excluding hydrogens is 452 g/mol. The number of aromatic nitrogens is 3. The van der Waals surface area contributed by atoms with Crippen LogP contribution < -0.4 is 10.6 Å². The van der Waals surface area contributed by atoms with Crippen LogP contribution in [0.3, 0.4) is 0 Å². The summed E-state index contributed by atoms with van der Waals surface area (Å²) < 4.78 is 1.85. The van der Waals surface area contributed by atoms with E-state index in [1.807, 2.05) is 59.1 Å². The first-order valence-corrected chi connectivity index (χ1v) is 13.2. The summed E-state index contributed by atoms with van der Waals surface area (Å²) in [5.41, 5.74) is 2.06. The molecule has 3 aromatic rings. The number of amides is 2. The fourth-order valence-corrected chi connectivity index (χ4v) is 5.73. The van der Waals surface area contributed by atoms with E-state index in [0.717, 1.165) is 60.8 Å². The molecule has 2 fully saturated rings. The maximum Gasteiger partial charge on any atom is 0.245 e. The highest BCUT2D eigenvalue weighted by Gasteiger charge is 2.39. The molecule has 5 rings (SSSR count). The highest BCUT2D eigenvalue weighted by molar-refractivity contribution is 5.90. The van der Waals surface area contributed by atoms with Gasteiger partial charge in [-0.1, -0.05) is 37.5 Å². The fourth-order valence-electron chi connectivity index (χ4n) is 5.73. The van der Waals surface area contributed by atoms with Crippen molar-refractivity contribution in [1.29, 1.82) is 0 Å². The number of hydrogen-bond acceptors (Lipinski definition) is 5. The molecule has 1 saturated heterocycles. The lowest BCUT2D eigenvalue weighted by molar-refractivity contribution is -0.139. The van der Waals surface area contributed by atoms with Crippen LogP contribution in [-0.2, 0) is 9.59 Å². The van der Waals surface area contributed by atoms with Gasteiger partial charge < -0.3 is 15.5 Å². The molecule has 8 heteroatoms. The number of para-hydroxylation sites is 1. The van der Waals surface area contributed by atoms with E-state index in [0.29, 0.717) is 6.54 Å². The standard InChI is InChI=1S/C28H36N6O2/c1-19(29-2)27(35)32-26(20-9-4-3-5-10-20)28(36)33-16-8-13-23(33)21-14-15-30-25(17-21)34-24-12-7-6-11-22(24)18-31-34/h6-7,11-12,14-15,17-20,23,26,29H,3-5,8-10,13,16H2,1-2H3,(H,32,35)/t19?,23-,26-/m0/s1. The van der Waals surface area contributed by atoms with Gasteiger partial charge in [0.15, 0.2) is 5.82 Å². The van der Waals surface area contributed by atoms with Gasteiger partial charge in [-0.15, -0.1) is 0 Å². The van der Waals surface area contributed by atoms with Crippen LogP contribution in [-0.4, -0.2) is 57.2 Å². The Morgan fingerprint density at radius 3 is 2.67 bits per heavy atom. The predicted octanol–water partition coefficient (Wildman–Crippen LogP) is 3.76. The normalized spacial score (nSPS) is 20.4. The lowest BCUT2D eigenvalue weighted by atomic mass is 9.83. The van der Waals surface area contributed by atoms with E-state index in [4.69, 9.17) is 0 Å². The van der Waals surface area contributed by atoms with E-state index in [-0.39, 0.29) is 29.8 Å². The molecule has 1 aromatic carbocycles. The number of nitrogens with zero attached hydrogens (tertiary/aromatic N) is 4. The average molecular weight is 489 g/mol. The van der Waals surface area contributed by atoms with E-state index >= 15 is 0 Å². The van der Waals surface area contributed by atoms with Gasteiger partial charge in [-0.25, -0.2) is 9.67 Å². The highest BCUT2D eigenvalue weighted by Crippen LogP contribution is 2.35. The quantitative estimate of drug-likeness (QED) is 0.528. The van der Waals surface area contributed by atoms with Crippen LogP contribution in [0.5, 0.6) is 0 Å². The Morgan fingerprint density at radius 1 is 1.06 bits per heavy atom. The molecule has 2 aliphatic rings. The summed E-state index contributed by atoms with van der Waals surface area (Å²) in [6.45, 7) is 2.53. The van der Waals surface area contributed by atoms with Crippen molar-refractivity contribution in [3.63, 3.8) is 0 Å². The molecule has 3 atom stereocenters. The molecule has 1 aliphatic carbocycles. The SMILES string of the molecule is CNC(C)C(=O)N[C@H](C(=O)N1CCC[C@H]1c1ccnc(-n2ncc3ccccc32)c1)C1CCCCC1. The largest absolute Gasteiger partial charge is 0.343 e. The zero-order valence-corrected chi connectivity index (χ0v) is 21.2. The number of benzene rings is 1. The van der Waals surface area contributed by atoms with Crippen LogP contribution in [0.25, 0.3) is 16.7 Å². The van der Waals surface area contributed by atoms with Gasteiger partial charge in [-0.05, 0) is 69.3 Å². The van der Waals surface area contributed by atoms with Crippen molar-refractivity contribution >= 4 is 22.7 Å². The maximum absolute atomic E-state index is 14.0. The third-order valence-electron chi connectivity index (χ3n) is 7.90. The van der Waals surface area contributed by atoms with Gasteiger partial charge in [-0.3, -0.25) is 9.59 Å². The first kappa shape index (κ1) is 24.4. The van der Waals surface area contributed by atoms with E-state index in [1.165, 1.54) is 6.42 Å². The molecule has 0 spiro atoms. The van der Waals surface area contributed by atoms with E-state index in [1.54, 1.807) is 13.2 Å². The van der Waals surface area contributed by atoms with Crippen molar-refractivity contribution in [2.75, 3.05) is 13.6 Å². The van der Waals surface area contributed by atoms with Crippen molar-refractivity contribution in [1.82, 2.24) is 30.3 Å². The number of carbonyl (C=O) groups excluding carboxylic acids is 2. The van der Waals surface area contributed by atoms with Crippen LogP contribution in [0.4, 0.5) is 0 Å². The number of nitrogens with one attached hydrogen (secondary N) is 2. The summed E-state index contributed by atoms with van der Waals surface area (Å²) >= 11 is 0. The fraction of sp³-hybridized carbons (Fsp3) is 0.500. The van der Waals surface area contributed by atoms with Crippen molar-refractivity contribution in [3.05, 3.63) is 54.4 Å². The lowest BCUT2D eigenvalue weighted by Crippen LogP contribution is -2.55. The second kappa shape index (κ2) is 10.8. The molecule has 2 amide bonds. The Morgan fingerprint density at radius 2 is 1.86 bits per heavy atom. The van der Waals surface area contributed by atoms with Crippen LogP contribution >= 0.6 is 0 Å². The lowest BCUT2D eigenvalue weighted by Gasteiger charge is -2.35. The second-order valence-corrected chi connectivity index (χ2v) is 10.1. The van der Waals surface area contributed by atoms with Gasteiger partial charge in [0.1, 0.15) is 6.04 Å². The van der Waals surface area contributed by atoms with Crippen LogP contribution in [0.1, 0.15) is 63.5 Å². The smallest absolute Gasteiger partial charge is 0.245 e. The number of rotatable bonds is 7. The van der Waals surface area contributed by atoms with Gasteiger partial charge in [0.05, 0.1) is 23.8 Å². The Kier molecular flexibility index (Phi) is 7.32. The third-order valence-corrected chi connectivity index (χ3v) is 7.90. The molecule has 1 saturated carbocycles. The van der Waals surface area contributed by atoms with Crippen molar-refractivity contribution in [2.45, 2.75) is 70.0 Å². The predicted molar refractivity (Wildman–Crippen MR) is 140 cm³/mol. The number of fused-ring (bicyclic) bond motifs is 1. The van der Waals surface area contributed by atoms with E-state index in [2.05, 4.69) is 20.7 Å². The summed E-state index contributed by atoms with van der Waals surface area (Å²) in [5, 5.41) is 11.7. The molecule has 0 radical (unpaired) electrons. The van der Waals surface area contributed by atoms with Gasteiger partial charge >= 0.3 is 0 Å². The Balaban J connectivity index is 1.41. The highest BCUT2D eigenvalue weighted by atomic mass is 16.2. The van der Waals surface area contributed by atoms with Crippen molar-refractivity contribution < 1.29 is 9.59 Å². The molecule has 0 bridgehead atoms. The number of carbonyl (C=O) groups is 2. The topological polar surface area (TPSA) is 92.2 Å². The zero-order valence-electron chi connectivity index (χ0n) is 21.2. The maximum atomic E-state index is 14.0. The number of pyridine rings is 1. The molecule has 3 heterocycles. The molecule has 36 heavy (non-hydrogen) atoms. The van der Waals surface area contributed by atoms with Crippen molar-refractivity contribution in [3.8, 4) is 5.82 Å². The first-order chi connectivity index (χ1) is 17.6. The minimum Gasteiger partial charge on any atom is -0.343 e. The third kappa shape index (κ3) is 4.87. The van der Waals surface area contributed by atoms with Crippen LogP contribution in [0.15, 0.2) is 48.8 Å². The summed E-state index contributed by atoms with van der Waals surface area (Å²) in [7, 11) is 1.77. The molecule has 1 unspecified atom stereocenters. The van der Waals surface area contributed by atoms with E-state index < -0.39 is 6.04 Å². The van der Waals surface area contributed by atoms with Crippen molar-refractivity contribution in [2.24, 2.45) is 5.92 Å². The van der Waals surface area contributed by atoms with Gasteiger partial charge in [0.2, 0.25) is 11.8 Å². The number of hydrogen-bond donors (Lipinski definition) is 2. The first-order valence-electron chi connectivity index (χ1n) is 13.2. The molecule has 190 valence electrons. The molecular formula is C28H36N6O2. The second-order valence-electron chi connectivity index (χ2n) is 10.1. The zero-order chi connectivity index (χ0) is 25.1. The molecule has 1 aliphatic heterocycles. The van der Waals surface area contributed by atoms with Crippen LogP contribution in [0, 0.1) is 5.92 Å². The van der Waals surface area contributed by atoms with E-state index in [9.17, 15) is 9.59 Å². The summed E-state index contributed by atoms with van der Waals surface area (Å²) in [4.78, 5) is 33.4. The minimum atomic E-state index is -0.481. The molecule has 2 aromatic heterocycles. The number of likely N-dealkylation sites (tertiary alicyclic amines) is 1. The number of likely N-dealkylation sites (N-methyl/N-ethyl adjacent to an activating group) is 1. The minimum absolute atomic E-state index is 0.0363. The van der Waals surface area contributed by atoms with Gasteiger partial charge in [0.25, 0.3) is 0 Å². The molecule has 8 nitrogen and oxygen atoms in total. The summed E-state index contributed by atoms with van der Waals surface area (Å²) in [6.07, 6.45) is 10.9. The molecule has 2 N–H and O–H groups in total. The summed E-state index contributed by atoms with van der Waals surface area (Å²) in [6, 6.07) is 11.3.